The molecule has 2 rings (SSSR count). The molecule has 0 saturated heterocycles. The highest BCUT2D eigenvalue weighted by Gasteiger charge is 2.40. The first-order valence-corrected chi connectivity index (χ1v) is 5.14. The van der Waals surface area contributed by atoms with Crippen LogP contribution in [0.2, 0.25) is 0 Å². The molecule has 0 aliphatic heterocycles. The molecule has 0 spiro atoms. The third-order valence-electron chi connectivity index (χ3n) is 4.03. The Bertz CT molecular complexity index is 323. The lowest BCUT2D eigenvalue weighted by molar-refractivity contribution is 0.342. The fourth-order valence-electron chi connectivity index (χ4n) is 2.62. The lowest BCUT2D eigenvalue weighted by Crippen LogP contribution is -2.22. The highest BCUT2D eigenvalue weighted by molar-refractivity contribution is 5.42. The van der Waals surface area contributed by atoms with Crippen molar-refractivity contribution in [2.45, 2.75) is 39.0 Å². The van der Waals surface area contributed by atoms with E-state index in [0.717, 1.165) is 5.92 Å². The van der Waals surface area contributed by atoms with Gasteiger partial charge in [-0.1, -0.05) is 52.0 Å². The zero-order chi connectivity index (χ0) is 9.64. The Kier molecular flexibility index (Phi) is 1.76. The Morgan fingerprint density at radius 1 is 1.08 bits per heavy atom. The van der Waals surface area contributed by atoms with Crippen molar-refractivity contribution < 1.29 is 0 Å². The Hall–Kier alpha value is -0.780. The van der Waals surface area contributed by atoms with Gasteiger partial charge >= 0.3 is 0 Å². The highest BCUT2D eigenvalue weighted by Crippen LogP contribution is 2.49. The maximum Gasteiger partial charge on any atom is -0.00694 e. The summed E-state index contributed by atoms with van der Waals surface area (Å²) in [5, 5.41) is 0. The number of fused-ring (bicyclic) bond motifs is 1. The molecule has 0 saturated carbocycles. The average molecular weight is 174 g/mol. The minimum Gasteiger partial charge on any atom is -0.0620 e. The molecule has 0 heteroatoms. The maximum atomic E-state index is 2.37. The van der Waals surface area contributed by atoms with Gasteiger partial charge < -0.3 is 0 Å². The molecular formula is C13H18. The summed E-state index contributed by atoms with van der Waals surface area (Å²) in [4.78, 5) is 0. The van der Waals surface area contributed by atoms with Crippen molar-refractivity contribution in [3.05, 3.63) is 35.4 Å². The van der Waals surface area contributed by atoms with Crippen LogP contribution < -0.4 is 0 Å². The molecule has 0 aromatic heterocycles. The Morgan fingerprint density at radius 2 is 1.69 bits per heavy atom. The Morgan fingerprint density at radius 3 is 2.31 bits per heavy atom. The van der Waals surface area contributed by atoms with Crippen molar-refractivity contribution in [3.63, 3.8) is 0 Å². The van der Waals surface area contributed by atoms with Gasteiger partial charge in [0.15, 0.2) is 0 Å². The third kappa shape index (κ3) is 1.04. The minimum absolute atomic E-state index is 0.357. The lowest BCUT2D eigenvalue weighted by Gasteiger charge is -2.26. The van der Waals surface area contributed by atoms with Crippen molar-refractivity contribution in [2.75, 3.05) is 0 Å². The summed E-state index contributed by atoms with van der Waals surface area (Å²) in [6, 6.07) is 8.88. The molecule has 1 aromatic carbocycles. The van der Waals surface area contributed by atoms with E-state index in [1.807, 2.05) is 0 Å². The van der Waals surface area contributed by atoms with E-state index in [0.29, 0.717) is 11.3 Å². The van der Waals surface area contributed by atoms with Gasteiger partial charge in [0, 0.05) is 0 Å². The number of hydrogen-bond acceptors (Lipinski definition) is 0. The molecule has 0 amide bonds. The molecule has 0 unspecified atom stereocenters. The first-order chi connectivity index (χ1) is 6.05. The standard InChI is InChI=1S/C13H18/c1-9-10(2)13(3,4)12-8-6-5-7-11(9)12/h5-10H,1-4H3/t9-,10-/m1/s1. The predicted octanol–water partition coefficient (Wildman–Crippen LogP) is 3.72. The molecule has 13 heavy (non-hydrogen) atoms. The van der Waals surface area contributed by atoms with Crippen molar-refractivity contribution in [1.29, 1.82) is 0 Å². The van der Waals surface area contributed by atoms with Crippen LogP contribution in [-0.4, -0.2) is 0 Å². The van der Waals surface area contributed by atoms with Gasteiger partial charge in [0.05, 0.1) is 0 Å². The summed E-state index contributed by atoms with van der Waals surface area (Å²) in [6.07, 6.45) is 0. The smallest absolute Gasteiger partial charge is 0.00694 e. The van der Waals surface area contributed by atoms with Crippen LogP contribution in [0.5, 0.6) is 0 Å². The second-order valence-electron chi connectivity index (χ2n) is 4.89. The van der Waals surface area contributed by atoms with E-state index in [1.54, 1.807) is 11.1 Å². The normalized spacial score (nSPS) is 30.2. The van der Waals surface area contributed by atoms with E-state index in [1.165, 1.54) is 0 Å². The van der Waals surface area contributed by atoms with Crippen LogP contribution in [0, 0.1) is 5.92 Å². The fraction of sp³-hybridized carbons (Fsp3) is 0.538. The maximum absolute atomic E-state index is 2.37. The quantitative estimate of drug-likeness (QED) is 0.562. The minimum atomic E-state index is 0.357. The van der Waals surface area contributed by atoms with Crippen molar-refractivity contribution in [1.82, 2.24) is 0 Å². The summed E-state index contributed by atoms with van der Waals surface area (Å²) in [6.45, 7) is 9.43. The SMILES string of the molecule is C[C@@H]1[C@@H](C)c2ccccc2C1(C)C. The number of rotatable bonds is 0. The van der Waals surface area contributed by atoms with Crippen molar-refractivity contribution in [3.8, 4) is 0 Å². The van der Waals surface area contributed by atoms with E-state index in [2.05, 4.69) is 52.0 Å². The molecule has 1 aliphatic rings. The molecule has 0 heterocycles. The fourth-order valence-corrected chi connectivity index (χ4v) is 2.62. The van der Waals surface area contributed by atoms with Gasteiger partial charge in [0.2, 0.25) is 0 Å². The van der Waals surface area contributed by atoms with E-state index in [9.17, 15) is 0 Å². The highest BCUT2D eigenvalue weighted by atomic mass is 14.4. The predicted molar refractivity (Wildman–Crippen MR) is 57.0 cm³/mol. The largest absolute Gasteiger partial charge is 0.0620 e. The van der Waals surface area contributed by atoms with E-state index < -0.39 is 0 Å². The van der Waals surface area contributed by atoms with Crippen LogP contribution in [0.4, 0.5) is 0 Å². The van der Waals surface area contributed by atoms with E-state index >= 15 is 0 Å². The summed E-state index contributed by atoms with van der Waals surface area (Å²) in [7, 11) is 0. The molecule has 2 atom stereocenters. The van der Waals surface area contributed by atoms with Crippen LogP contribution in [0.1, 0.15) is 44.7 Å². The van der Waals surface area contributed by atoms with E-state index in [-0.39, 0.29) is 0 Å². The molecule has 0 nitrogen and oxygen atoms in total. The first-order valence-electron chi connectivity index (χ1n) is 5.14. The molecule has 1 aromatic rings. The second-order valence-corrected chi connectivity index (χ2v) is 4.89. The van der Waals surface area contributed by atoms with Gasteiger partial charge in [0.1, 0.15) is 0 Å². The zero-order valence-corrected chi connectivity index (χ0v) is 8.96. The monoisotopic (exact) mass is 174 g/mol. The van der Waals surface area contributed by atoms with Gasteiger partial charge in [-0.05, 0) is 28.4 Å². The molecule has 0 radical (unpaired) electrons. The molecule has 70 valence electrons. The van der Waals surface area contributed by atoms with Gasteiger partial charge in [-0.3, -0.25) is 0 Å². The van der Waals surface area contributed by atoms with Crippen molar-refractivity contribution >= 4 is 0 Å². The van der Waals surface area contributed by atoms with Crippen LogP contribution in [-0.2, 0) is 5.41 Å². The van der Waals surface area contributed by atoms with Gasteiger partial charge in [-0.25, -0.2) is 0 Å². The Labute approximate surface area is 81.0 Å². The second kappa shape index (κ2) is 2.60. The third-order valence-corrected chi connectivity index (χ3v) is 4.03. The van der Waals surface area contributed by atoms with Crippen molar-refractivity contribution in [2.24, 2.45) is 5.92 Å². The van der Waals surface area contributed by atoms with Gasteiger partial charge in [-0.15, -0.1) is 0 Å². The van der Waals surface area contributed by atoms with Crippen LogP contribution in [0.25, 0.3) is 0 Å². The molecule has 1 aliphatic carbocycles. The summed E-state index contributed by atoms with van der Waals surface area (Å²) in [5.41, 5.74) is 3.46. The van der Waals surface area contributed by atoms with Crippen LogP contribution >= 0.6 is 0 Å². The van der Waals surface area contributed by atoms with Gasteiger partial charge in [0.25, 0.3) is 0 Å². The number of hydrogen-bond donors (Lipinski definition) is 0. The summed E-state index contributed by atoms with van der Waals surface area (Å²) >= 11 is 0. The molecule has 0 N–H and O–H groups in total. The summed E-state index contributed by atoms with van der Waals surface area (Å²) in [5.74, 6) is 1.47. The lowest BCUT2D eigenvalue weighted by atomic mass is 9.78. The van der Waals surface area contributed by atoms with Crippen LogP contribution in [0.15, 0.2) is 24.3 Å². The summed E-state index contributed by atoms with van der Waals surface area (Å²) < 4.78 is 0. The molecule has 0 bridgehead atoms. The van der Waals surface area contributed by atoms with Gasteiger partial charge in [-0.2, -0.15) is 0 Å². The zero-order valence-electron chi connectivity index (χ0n) is 8.96. The first kappa shape index (κ1) is 8.80. The topological polar surface area (TPSA) is 0 Å². The van der Waals surface area contributed by atoms with E-state index in [4.69, 9.17) is 0 Å². The van der Waals surface area contributed by atoms with Crippen LogP contribution in [0.3, 0.4) is 0 Å². The molecular weight excluding hydrogens is 156 g/mol. The Balaban J connectivity index is 2.61. The average Bonchev–Trinajstić information content (AvgIpc) is 2.30. The number of benzene rings is 1. The molecule has 0 fully saturated rings.